The van der Waals surface area contributed by atoms with Gasteiger partial charge in [-0.15, -0.1) is 0 Å². The number of benzene rings is 1. The summed E-state index contributed by atoms with van der Waals surface area (Å²) in [6, 6.07) is 7.12. The minimum Gasteiger partial charge on any atom is -0.399 e. The van der Waals surface area contributed by atoms with Gasteiger partial charge in [0.1, 0.15) is 0 Å². The van der Waals surface area contributed by atoms with E-state index in [-0.39, 0.29) is 0 Å². The van der Waals surface area contributed by atoms with Gasteiger partial charge in [-0.2, -0.15) is 0 Å². The highest BCUT2D eigenvalue weighted by Crippen LogP contribution is 2.27. The first-order valence-corrected chi connectivity index (χ1v) is 4.20. The third-order valence-corrected chi connectivity index (χ3v) is 2.07. The number of methoxy groups -OCH3 is 3. The number of nitrogen functional groups attached to an aromatic ring is 1. The van der Waals surface area contributed by atoms with Gasteiger partial charge in [-0.3, -0.25) is 0 Å². The molecule has 4 heteroatoms. The van der Waals surface area contributed by atoms with Crippen molar-refractivity contribution >= 4 is 5.69 Å². The SMILES string of the molecule is COC(OC)(OC)c1ccc(N)cc1. The lowest BCUT2D eigenvalue weighted by atomic mass is 10.1. The number of hydrogen-bond donors (Lipinski definition) is 1. The van der Waals surface area contributed by atoms with Crippen LogP contribution in [-0.2, 0) is 20.2 Å². The average molecular weight is 197 g/mol. The fourth-order valence-electron chi connectivity index (χ4n) is 1.29. The van der Waals surface area contributed by atoms with Crippen LogP contribution in [0.5, 0.6) is 0 Å². The van der Waals surface area contributed by atoms with Crippen molar-refractivity contribution in [1.29, 1.82) is 0 Å². The van der Waals surface area contributed by atoms with Crippen LogP contribution in [-0.4, -0.2) is 21.3 Å². The summed E-state index contributed by atoms with van der Waals surface area (Å²) in [6.07, 6.45) is 0. The zero-order valence-electron chi connectivity index (χ0n) is 8.61. The molecule has 0 aliphatic heterocycles. The fraction of sp³-hybridized carbons (Fsp3) is 0.400. The van der Waals surface area contributed by atoms with Crippen LogP contribution in [0, 0.1) is 0 Å². The predicted molar refractivity (Wildman–Crippen MR) is 53.6 cm³/mol. The Hall–Kier alpha value is -1.10. The zero-order chi connectivity index (χ0) is 10.6. The lowest BCUT2D eigenvalue weighted by Crippen LogP contribution is -2.32. The predicted octanol–water partition coefficient (Wildman–Crippen LogP) is 1.32. The Balaban J connectivity index is 3.05. The Labute approximate surface area is 83.6 Å². The van der Waals surface area contributed by atoms with E-state index >= 15 is 0 Å². The first kappa shape index (κ1) is 11.0. The van der Waals surface area contributed by atoms with Crippen LogP contribution in [0.15, 0.2) is 24.3 Å². The number of rotatable bonds is 4. The van der Waals surface area contributed by atoms with E-state index in [2.05, 4.69) is 0 Å². The Bertz CT molecular complexity index is 272. The normalized spacial score (nSPS) is 11.6. The first-order chi connectivity index (χ1) is 6.68. The second-order valence-corrected chi connectivity index (χ2v) is 2.79. The standard InChI is InChI=1S/C10H15NO3/c1-12-10(13-2,14-3)8-4-6-9(11)7-5-8/h4-7H,11H2,1-3H3. The van der Waals surface area contributed by atoms with Gasteiger partial charge < -0.3 is 19.9 Å². The smallest absolute Gasteiger partial charge is 0.311 e. The molecule has 0 radical (unpaired) electrons. The van der Waals surface area contributed by atoms with Gasteiger partial charge in [0.2, 0.25) is 0 Å². The van der Waals surface area contributed by atoms with Crippen molar-refractivity contribution in [3.63, 3.8) is 0 Å². The van der Waals surface area contributed by atoms with Crippen molar-refractivity contribution in [2.45, 2.75) is 5.97 Å². The second kappa shape index (κ2) is 4.41. The van der Waals surface area contributed by atoms with Gasteiger partial charge in [0, 0.05) is 32.6 Å². The first-order valence-electron chi connectivity index (χ1n) is 4.20. The molecule has 0 unspecified atom stereocenters. The molecule has 0 bridgehead atoms. The zero-order valence-corrected chi connectivity index (χ0v) is 8.61. The lowest BCUT2D eigenvalue weighted by molar-refractivity contribution is -0.364. The minimum atomic E-state index is -1.15. The molecular weight excluding hydrogens is 182 g/mol. The molecule has 4 nitrogen and oxygen atoms in total. The number of hydrogen-bond acceptors (Lipinski definition) is 4. The van der Waals surface area contributed by atoms with Gasteiger partial charge in [-0.05, 0) is 24.3 Å². The second-order valence-electron chi connectivity index (χ2n) is 2.79. The van der Waals surface area contributed by atoms with Crippen LogP contribution < -0.4 is 5.73 Å². The molecule has 1 aromatic rings. The van der Waals surface area contributed by atoms with Crippen molar-refractivity contribution in [3.05, 3.63) is 29.8 Å². The van der Waals surface area contributed by atoms with Crippen LogP contribution in [0.2, 0.25) is 0 Å². The summed E-state index contributed by atoms with van der Waals surface area (Å²) < 4.78 is 15.5. The maximum Gasteiger partial charge on any atom is 0.311 e. The van der Waals surface area contributed by atoms with Crippen molar-refractivity contribution in [2.24, 2.45) is 0 Å². The van der Waals surface area contributed by atoms with Crippen LogP contribution in [0.25, 0.3) is 0 Å². The molecule has 0 aliphatic rings. The van der Waals surface area contributed by atoms with E-state index in [1.807, 2.05) is 0 Å². The number of ether oxygens (including phenoxy) is 3. The maximum absolute atomic E-state index is 5.57. The Kier molecular flexibility index (Phi) is 3.46. The molecule has 1 rings (SSSR count). The lowest BCUT2D eigenvalue weighted by Gasteiger charge is -2.28. The van der Waals surface area contributed by atoms with E-state index in [0.717, 1.165) is 5.56 Å². The molecule has 0 amide bonds. The van der Waals surface area contributed by atoms with Crippen molar-refractivity contribution < 1.29 is 14.2 Å². The minimum absolute atomic E-state index is 0.686. The molecular formula is C10H15NO3. The van der Waals surface area contributed by atoms with Gasteiger partial charge in [-0.1, -0.05) is 0 Å². The molecule has 0 atom stereocenters. The molecule has 0 saturated carbocycles. The summed E-state index contributed by atoms with van der Waals surface area (Å²) in [7, 11) is 4.55. The summed E-state index contributed by atoms with van der Waals surface area (Å²) >= 11 is 0. The summed E-state index contributed by atoms with van der Waals surface area (Å²) in [6.45, 7) is 0. The highest BCUT2D eigenvalue weighted by molar-refractivity contribution is 5.40. The van der Waals surface area contributed by atoms with Gasteiger partial charge >= 0.3 is 5.97 Å². The van der Waals surface area contributed by atoms with Crippen LogP contribution in [0.3, 0.4) is 0 Å². The molecule has 0 aliphatic carbocycles. The van der Waals surface area contributed by atoms with Crippen LogP contribution in [0.1, 0.15) is 5.56 Å². The van der Waals surface area contributed by atoms with Gasteiger partial charge in [0.15, 0.2) is 0 Å². The molecule has 0 heterocycles. The summed E-state index contributed by atoms with van der Waals surface area (Å²) in [4.78, 5) is 0. The monoisotopic (exact) mass is 197 g/mol. The van der Waals surface area contributed by atoms with Gasteiger partial charge in [0.05, 0.1) is 0 Å². The molecule has 14 heavy (non-hydrogen) atoms. The molecule has 78 valence electrons. The summed E-state index contributed by atoms with van der Waals surface area (Å²) in [5.41, 5.74) is 7.02. The molecule has 0 fully saturated rings. The van der Waals surface area contributed by atoms with Crippen LogP contribution >= 0.6 is 0 Å². The summed E-state index contributed by atoms with van der Waals surface area (Å²) in [5, 5.41) is 0. The molecule has 1 aromatic carbocycles. The highest BCUT2D eigenvalue weighted by Gasteiger charge is 2.31. The van der Waals surface area contributed by atoms with Crippen molar-refractivity contribution in [1.82, 2.24) is 0 Å². The summed E-state index contributed by atoms with van der Waals surface area (Å²) in [5.74, 6) is -1.15. The number of nitrogens with two attached hydrogens (primary N) is 1. The Morgan fingerprint density at radius 3 is 1.71 bits per heavy atom. The average Bonchev–Trinajstić information content (AvgIpc) is 2.24. The van der Waals surface area contributed by atoms with Gasteiger partial charge in [-0.25, -0.2) is 0 Å². The third kappa shape index (κ3) is 1.87. The third-order valence-electron chi connectivity index (χ3n) is 2.07. The highest BCUT2D eigenvalue weighted by atomic mass is 16.9. The number of anilines is 1. The van der Waals surface area contributed by atoms with Crippen LogP contribution in [0.4, 0.5) is 5.69 Å². The molecule has 0 aromatic heterocycles. The van der Waals surface area contributed by atoms with Gasteiger partial charge in [0.25, 0.3) is 0 Å². The molecule has 2 N–H and O–H groups in total. The van der Waals surface area contributed by atoms with E-state index in [1.54, 1.807) is 24.3 Å². The van der Waals surface area contributed by atoms with Crippen molar-refractivity contribution in [2.75, 3.05) is 27.1 Å². The Morgan fingerprint density at radius 1 is 0.929 bits per heavy atom. The largest absolute Gasteiger partial charge is 0.399 e. The van der Waals surface area contributed by atoms with E-state index in [9.17, 15) is 0 Å². The van der Waals surface area contributed by atoms with Crippen molar-refractivity contribution in [3.8, 4) is 0 Å². The van der Waals surface area contributed by atoms with E-state index in [1.165, 1.54) is 21.3 Å². The quantitative estimate of drug-likeness (QED) is 0.584. The van der Waals surface area contributed by atoms with E-state index < -0.39 is 5.97 Å². The fourth-order valence-corrected chi connectivity index (χ4v) is 1.29. The maximum atomic E-state index is 5.57. The Morgan fingerprint density at radius 2 is 1.36 bits per heavy atom. The topological polar surface area (TPSA) is 53.7 Å². The van der Waals surface area contributed by atoms with E-state index in [0.29, 0.717) is 5.69 Å². The molecule has 0 spiro atoms. The van der Waals surface area contributed by atoms with E-state index in [4.69, 9.17) is 19.9 Å². The molecule has 0 saturated heterocycles.